The van der Waals surface area contributed by atoms with Crippen molar-refractivity contribution in [2.24, 2.45) is 11.8 Å². The molecular formula is C11H18O5. The molecule has 0 bridgehead atoms. The number of aliphatic hydroxyl groups is 1. The second-order valence-electron chi connectivity index (χ2n) is 5.21. The zero-order chi connectivity index (χ0) is 12.5. The highest BCUT2D eigenvalue weighted by Crippen LogP contribution is 2.34. The third-order valence-corrected chi connectivity index (χ3v) is 2.56. The lowest BCUT2D eigenvalue weighted by molar-refractivity contribution is -0.165. The zero-order valence-electron chi connectivity index (χ0n) is 9.77. The van der Waals surface area contributed by atoms with Crippen molar-refractivity contribution in [1.29, 1.82) is 0 Å². The van der Waals surface area contributed by atoms with E-state index in [1.165, 1.54) is 0 Å². The van der Waals surface area contributed by atoms with Gasteiger partial charge in [-0.3, -0.25) is 9.59 Å². The Bertz CT molecular complexity index is 291. The van der Waals surface area contributed by atoms with Crippen LogP contribution in [0.25, 0.3) is 0 Å². The van der Waals surface area contributed by atoms with Crippen molar-refractivity contribution in [3.8, 4) is 0 Å². The van der Waals surface area contributed by atoms with Crippen LogP contribution in [0, 0.1) is 11.8 Å². The van der Waals surface area contributed by atoms with E-state index < -0.39 is 35.5 Å². The molecular weight excluding hydrogens is 212 g/mol. The van der Waals surface area contributed by atoms with Crippen molar-refractivity contribution in [2.45, 2.75) is 45.3 Å². The van der Waals surface area contributed by atoms with Gasteiger partial charge in [0.2, 0.25) is 0 Å². The molecule has 0 aromatic heterocycles. The van der Waals surface area contributed by atoms with Crippen molar-refractivity contribution in [3.05, 3.63) is 0 Å². The fourth-order valence-corrected chi connectivity index (χ4v) is 1.92. The average molecular weight is 230 g/mol. The minimum atomic E-state index is -1.05. The molecule has 3 atom stereocenters. The normalized spacial score (nSPS) is 30.1. The van der Waals surface area contributed by atoms with Gasteiger partial charge in [0.15, 0.2) is 0 Å². The van der Waals surface area contributed by atoms with Crippen molar-refractivity contribution >= 4 is 11.9 Å². The Labute approximate surface area is 94.4 Å². The summed E-state index contributed by atoms with van der Waals surface area (Å²) in [6.07, 6.45) is -0.427. The van der Waals surface area contributed by atoms with Crippen LogP contribution >= 0.6 is 0 Å². The van der Waals surface area contributed by atoms with E-state index >= 15 is 0 Å². The van der Waals surface area contributed by atoms with Crippen molar-refractivity contribution in [3.63, 3.8) is 0 Å². The quantitative estimate of drug-likeness (QED) is 0.685. The van der Waals surface area contributed by atoms with Gasteiger partial charge in [-0.05, 0) is 33.6 Å². The molecule has 16 heavy (non-hydrogen) atoms. The molecule has 0 heterocycles. The van der Waals surface area contributed by atoms with Crippen LogP contribution in [-0.4, -0.2) is 33.9 Å². The number of hydrogen-bond acceptors (Lipinski definition) is 4. The van der Waals surface area contributed by atoms with E-state index in [2.05, 4.69) is 0 Å². The van der Waals surface area contributed by atoms with E-state index in [1.54, 1.807) is 20.8 Å². The lowest BCUT2D eigenvalue weighted by Gasteiger charge is -2.23. The van der Waals surface area contributed by atoms with Gasteiger partial charge in [0.1, 0.15) is 5.60 Å². The summed E-state index contributed by atoms with van der Waals surface area (Å²) in [7, 11) is 0. The second kappa shape index (κ2) is 4.41. The van der Waals surface area contributed by atoms with Crippen molar-refractivity contribution < 1.29 is 24.5 Å². The molecule has 1 saturated carbocycles. The maximum absolute atomic E-state index is 11.7. The number of aliphatic hydroxyl groups excluding tert-OH is 1. The van der Waals surface area contributed by atoms with Gasteiger partial charge in [-0.2, -0.15) is 0 Å². The summed E-state index contributed by atoms with van der Waals surface area (Å²) in [6.45, 7) is 5.18. The average Bonchev–Trinajstić information content (AvgIpc) is 2.44. The lowest BCUT2D eigenvalue weighted by atomic mass is 9.96. The van der Waals surface area contributed by atoms with E-state index in [0.717, 1.165) is 0 Å². The van der Waals surface area contributed by atoms with E-state index in [4.69, 9.17) is 9.84 Å². The molecule has 5 heteroatoms. The Hall–Kier alpha value is -1.10. The minimum absolute atomic E-state index is 0.124. The first-order chi connectivity index (χ1) is 7.20. The number of rotatable bonds is 2. The van der Waals surface area contributed by atoms with Gasteiger partial charge < -0.3 is 14.9 Å². The zero-order valence-corrected chi connectivity index (χ0v) is 9.77. The molecule has 1 aliphatic carbocycles. The van der Waals surface area contributed by atoms with E-state index in [9.17, 15) is 14.7 Å². The van der Waals surface area contributed by atoms with Gasteiger partial charge in [0, 0.05) is 0 Å². The van der Waals surface area contributed by atoms with E-state index in [0.29, 0.717) is 0 Å². The highest BCUT2D eigenvalue weighted by Gasteiger charge is 2.44. The molecule has 1 rings (SSSR count). The number of ether oxygens (including phenoxy) is 1. The van der Waals surface area contributed by atoms with Gasteiger partial charge in [-0.15, -0.1) is 0 Å². The summed E-state index contributed by atoms with van der Waals surface area (Å²) in [6, 6.07) is 0. The maximum atomic E-state index is 11.7. The molecule has 0 aromatic carbocycles. The predicted octanol–water partition coefficient (Wildman–Crippen LogP) is 0.800. The smallest absolute Gasteiger partial charge is 0.310 e. The Morgan fingerprint density at radius 3 is 2.12 bits per heavy atom. The number of carboxylic acids is 1. The molecule has 0 aromatic rings. The molecule has 2 N–H and O–H groups in total. The molecule has 1 unspecified atom stereocenters. The molecule has 0 saturated heterocycles. The van der Waals surface area contributed by atoms with E-state index in [-0.39, 0.29) is 12.8 Å². The summed E-state index contributed by atoms with van der Waals surface area (Å²) in [5.74, 6) is -3.14. The van der Waals surface area contributed by atoms with Crippen molar-refractivity contribution in [2.75, 3.05) is 0 Å². The van der Waals surface area contributed by atoms with Gasteiger partial charge in [-0.1, -0.05) is 0 Å². The fourth-order valence-electron chi connectivity index (χ4n) is 1.92. The molecule has 0 radical (unpaired) electrons. The molecule has 92 valence electrons. The predicted molar refractivity (Wildman–Crippen MR) is 55.7 cm³/mol. The Kier molecular flexibility index (Phi) is 3.57. The molecule has 0 spiro atoms. The van der Waals surface area contributed by atoms with E-state index in [1.807, 2.05) is 0 Å². The summed E-state index contributed by atoms with van der Waals surface area (Å²) in [5, 5.41) is 18.3. The highest BCUT2D eigenvalue weighted by atomic mass is 16.6. The summed E-state index contributed by atoms with van der Waals surface area (Å²) >= 11 is 0. The van der Waals surface area contributed by atoms with Gasteiger partial charge in [0.25, 0.3) is 0 Å². The van der Waals surface area contributed by atoms with Gasteiger partial charge >= 0.3 is 11.9 Å². The molecule has 0 amide bonds. The lowest BCUT2D eigenvalue weighted by Crippen LogP contribution is -2.32. The maximum Gasteiger partial charge on any atom is 0.310 e. The topological polar surface area (TPSA) is 83.8 Å². The monoisotopic (exact) mass is 230 g/mol. The molecule has 1 fully saturated rings. The molecule has 5 nitrogen and oxygen atoms in total. The standard InChI is InChI=1S/C11H18O5/c1-11(2,3)16-10(15)8-5-6(12)4-7(8)9(13)14/h6-8,12H,4-5H2,1-3H3,(H,13,14)/t6-,7-,8?/m1/s1. The van der Waals surface area contributed by atoms with Gasteiger partial charge in [0.05, 0.1) is 17.9 Å². The third-order valence-electron chi connectivity index (χ3n) is 2.56. The first-order valence-corrected chi connectivity index (χ1v) is 5.34. The minimum Gasteiger partial charge on any atom is -0.481 e. The number of carbonyl (C=O) groups excluding carboxylic acids is 1. The number of carboxylic acid groups (broad SMARTS) is 1. The van der Waals surface area contributed by atoms with Crippen LogP contribution in [0.5, 0.6) is 0 Å². The Morgan fingerprint density at radius 1 is 1.19 bits per heavy atom. The third kappa shape index (κ3) is 3.20. The SMILES string of the molecule is CC(C)(C)OC(=O)C1C[C@H](O)C[C@H]1C(=O)O. The highest BCUT2D eigenvalue weighted by molar-refractivity contribution is 5.82. The van der Waals surface area contributed by atoms with Crippen LogP contribution in [0.2, 0.25) is 0 Å². The van der Waals surface area contributed by atoms with Crippen LogP contribution in [0.4, 0.5) is 0 Å². The summed E-state index contributed by atoms with van der Waals surface area (Å²) in [4.78, 5) is 22.6. The number of hydrogen-bond donors (Lipinski definition) is 2. The summed E-state index contributed by atoms with van der Waals surface area (Å²) in [5.41, 5.74) is -0.631. The van der Waals surface area contributed by atoms with Crippen molar-refractivity contribution in [1.82, 2.24) is 0 Å². The number of aliphatic carboxylic acids is 1. The largest absolute Gasteiger partial charge is 0.481 e. The van der Waals surface area contributed by atoms with Crippen LogP contribution in [0.15, 0.2) is 0 Å². The first-order valence-electron chi connectivity index (χ1n) is 5.34. The summed E-state index contributed by atoms with van der Waals surface area (Å²) < 4.78 is 5.14. The molecule has 1 aliphatic rings. The Balaban J connectivity index is 2.71. The molecule has 0 aliphatic heterocycles. The Morgan fingerprint density at radius 2 is 1.69 bits per heavy atom. The van der Waals surface area contributed by atoms with Crippen LogP contribution in [-0.2, 0) is 14.3 Å². The second-order valence-corrected chi connectivity index (χ2v) is 5.21. The first kappa shape index (κ1) is 13.0. The van der Waals surface area contributed by atoms with Crippen LogP contribution in [0.1, 0.15) is 33.6 Å². The van der Waals surface area contributed by atoms with Crippen LogP contribution < -0.4 is 0 Å². The number of esters is 1. The fraction of sp³-hybridized carbons (Fsp3) is 0.818. The van der Waals surface area contributed by atoms with Gasteiger partial charge in [-0.25, -0.2) is 0 Å². The van der Waals surface area contributed by atoms with Crippen LogP contribution in [0.3, 0.4) is 0 Å². The number of carbonyl (C=O) groups is 2.